The Bertz CT molecular complexity index is 1340. The van der Waals surface area contributed by atoms with E-state index in [4.69, 9.17) is 0 Å². The van der Waals surface area contributed by atoms with Crippen molar-refractivity contribution in [2.24, 2.45) is 0 Å². The van der Waals surface area contributed by atoms with Crippen molar-refractivity contribution in [1.82, 2.24) is 15.2 Å². The van der Waals surface area contributed by atoms with E-state index in [-0.39, 0.29) is 18.7 Å². The van der Waals surface area contributed by atoms with E-state index in [0.717, 1.165) is 26.9 Å². The molecule has 8 heteroatoms. The number of hydrogen-bond donors (Lipinski definition) is 3. The number of para-hydroxylation sites is 1. The van der Waals surface area contributed by atoms with Crippen molar-refractivity contribution >= 4 is 40.0 Å². The number of carbonyl (C=O) groups excluding carboxylic acids is 2. The van der Waals surface area contributed by atoms with Crippen molar-refractivity contribution in [2.45, 2.75) is 31.8 Å². The molecule has 35 heavy (non-hydrogen) atoms. The monoisotopic (exact) mass is 489 g/mol. The number of nitrogens with one attached hydrogen (secondary N) is 2. The average Bonchev–Trinajstić information content (AvgIpc) is 3.48. The van der Waals surface area contributed by atoms with E-state index in [9.17, 15) is 19.5 Å². The molecular weight excluding hydrogens is 462 g/mol. The normalized spacial score (nSPS) is 12.7. The fourth-order valence-corrected chi connectivity index (χ4v) is 4.95. The van der Waals surface area contributed by atoms with Gasteiger partial charge in [0.25, 0.3) is 5.91 Å². The minimum Gasteiger partial charge on any atom is -0.480 e. The SMILES string of the molecule is Cc1ccc(C(=O)N(C)[C@H](Cc2ccccc2)C(=O)N[C@@H](Cc2c[nH]c3ccccc23)C(=O)O)s1. The minimum atomic E-state index is -1.15. The van der Waals surface area contributed by atoms with Gasteiger partial charge in [-0.05, 0) is 36.2 Å². The zero-order chi connectivity index (χ0) is 24.9. The van der Waals surface area contributed by atoms with Gasteiger partial charge in [-0.15, -0.1) is 11.3 Å². The molecule has 0 aliphatic rings. The Morgan fingerprint density at radius 2 is 1.71 bits per heavy atom. The van der Waals surface area contributed by atoms with Crippen LogP contribution in [0.1, 0.15) is 25.7 Å². The molecular formula is C27H27N3O4S. The predicted octanol–water partition coefficient (Wildman–Crippen LogP) is 4.03. The lowest BCUT2D eigenvalue weighted by atomic mass is 10.0. The van der Waals surface area contributed by atoms with Crippen molar-refractivity contribution in [1.29, 1.82) is 0 Å². The van der Waals surface area contributed by atoms with Gasteiger partial charge in [0.2, 0.25) is 5.91 Å². The number of rotatable bonds is 9. The zero-order valence-corrected chi connectivity index (χ0v) is 20.3. The van der Waals surface area contributed by atoms with Gasteiger partial charge in [0.05, 0.1) is 4.88 Å². The number of benzene rings is 2. The predicted molar refractivity (Wildman–Crippen MR) is 137 cm³/mol. The first-order valence-electron chi connectivity index (χ1n) is 11.3. The highest BCUT2D eigenvalue weighted by Gasteiger charge is 2.32. The molecule has 0 saturated heterocycles. The number of hydrogen-bond acceptors (Lipinski definition) is 4. The molecule has 7 nitrogen and oxygen atoms in total. The largest absolute Gasteiger partial charge is 0.480 e. The molecule has 4 rings (SSSR count). The molecule has 0 fully saturated rings. The first kappa shape index (κ1) is 24.2. The number of carboxylic acid groups (broad SMARTS) is 1. The fourth-order valence-electron chi connectivity index (χ4n) is 4.10. The number of carbonyl (C=O) groups is 3. The summed E-state index contributed by atoms with van der Waals surface area (Å²) in [6, 6.07) is 18.6. The summed E-state index contributed by atoms with van der Waals surface area (Å²) in [4.78, 5) is 44.8. The van der Waals surface area contributed by atoms with Crippen LogP contribution >= 0.6 is 11.3 Å². The van der Waals surface area contributed by atoms with Crippen LogP contribution < -0.4 is 5.32 Å². The molecule has 3 N–H and O–H groups in total. The minimum absolute atomic E-state index is 0.116. The van der Waals surface area contributed by atoms with Crippen molar-refractivity contribution in [2.75, 3.05) is 7.05 Å². The van der Waals surface area contributed by atoms with Gasteiger partial charge in [-0.3, -0.25) is 9.59 Å². The fraction of sp³-hybridized carbons (Fsp3) is 0.222. The molecule has 2 heterocycles. The number of aliphatic carboxylic acids is 1. The number of aromatic amines is 1. The number of amides is 2. The number of fused-ring (bicyclic) bond motifs is 1. The molecule has 2 aromatic heterocycles. The van der Waals surface area contributed by atoms with Crippen molar-refractivity contribution in [3.05, 3.63) is 93.8 Å². The summed E-state index contributed by atoms with van der Waals surface area (Å²) in [7, 11) is 1.58. The lowest BCUT2D eigenvalue weighted by Gasteiger charge is -2.28. The highest BCUT2D eigenvalue weighted by atomic mass is 32.1. The Morgan fingerprint density at radius 1 is 1.00 bits per heavy atom. The lowest BCUT2D eigenvalue weighted by Crippen LogP contribution is -2.53. The second-order valence-corrected chi connectivity index (χ2v) is 9.78. The first-order chi connectivity index (χ1) is 16.8. The maximum atomic E-state index is 13.5. The van der Waals surface area contributed by atoms with Crippen LogP contribution in [-0.2, 0) is 22.4 Å². The van der Waals surface area contributed by atoms with E-state index in [0.29, 0.717) is 4.88 Å². The van der Waals surface area contributed by atoms with E-state index in [1.165, 1.54) is 16.2 Å². The molecule has 0 radical (unpaired) electrons. The molecule has 2 amide bonds. The second kappa shape index (κ2) is 10.6. The molecule has 0 saturated carbocycles. The molecule has 0 aliphatic carbocycles. The number of H-pyrrole nitrogens is 1. The molecule has 180 valence electrons. The standard InChI is InChI=1S/C27H27N3O4S/c1-17-12-13-24(35-17)26(32)30(2)23(14-18-8-4-3-5-9-18)25(31)29-22(27(33)34)15-19-16-28-21-11-7-6-10-20(19)21/h3-13,16,22-23,28H,14-15H2,1-2H3,(H,29,31)(H,33,34)/t22-,23+/m0/s1. The molecule has 0 bridgehead atoms. The van der Waals surface area contributed by atoms with Gasteiger partial charge in [-0.25, -0.2) is 4.79 Å². The van der Waals surface area contributed by atoms with Crippen LogP contribution in [0.25, 0.3) is 10.9 Å². The van der Waals surface area contributed by atoms with E-state index >= 15 is 0 Å². The second-order valence-electron chi connectivity index (χ2n) is 8.49. The van der Waals surface area contributed by atoms with E-state index in [2.05, 4.69) is 10.3 Å². The summed E-state index contributed by atoms with van der Waals surface area (Å²) in [6.45, 7) is 1.91. The number of likely N-dealkylation sites (N-methyl/N-ethyl adjacent to an activating group) is 1. The maximum absolute atomic E-state index is 13.5. The third kappa shape index (κ3) is 5.60. The molecule has 0 unspecified atom stereocenters. The maximum Gasteiger partial charge on any atom is 0.326 e. The summed E-state index contributed by atoms with van der Waals surface area (Å²) in [5, 5.41) is 13.5. The highest BCUT2D eigenvalue weighted by Crippen LogP contribution is 2.21. The van der Waals surface area contributed by atoms with E-state index in [1.807, 2.05) is 67.6 Å². The Labute approximate surface area is 207 Å². The Morgan fingerprint density at radius 3 is 2.40 bits per heavy atom. The van der Waals surface area contributed by atoms with Crippen LogP contribution in [0.4, 0.5) is 0 Å². The third-order valence-electron chi connectivity index (χ3n) is 6.03. The van der Waals surface area contributed by atoms with Crippen molar-refractivity contribution in [3.8, 4) is 0 Å². The Balaban J connectivity index is 1.57. The van der Waals surface area contributed by atoms with Crippen molar-refractivity contribution in [3.63, 3.8) is 0 Å². The third-order valence-corrected chi connectivity index (χ3v) is 7.02. The lowest BCUT2D eigenvalue weighted by molar-refractivity contribution is -0.142. The summed E-state index contributed by atoms with van der Waals surface area (Å²) in [5.41, 5.74) is 2.57. The van der Waals surface area contributed by atoms with E-state index < -0.39 is 24.0 Å². The van der Waals surface area contributed by atoms with Crippen molar-refractivity contribution < 1.29 is 19.5 Å². The molecule has 2 atom stereocenters. The number of aryl methyl sites for hydroxylation is 1. The summed E-state index contributed by atoms with van der Waals surface area (Å²) < 4.78 is 0. The Kier molecular flexibility index (Phi) is 7.31. The van der Waals surface area contributed by atoms with Gasteiger partial charge < -0.3 is 20.3 Å². The summed E-state index contributed by atoms with van der Waals surface area (Å²) in [6.07, 6.45) is 2.15. The number of carboxylic acids is 1. The quantitative estimate of drug-likeness (QED) is 0.330. The van der Waals surface area contributed by atoms with Crippen LogP contribution in [0.2, 0.25) is 0 Å². The average molecular weight is 490 g/mol. The van der Waals surface area contributed by atoms with Gasteiger partial charge in [-0.2, -0.15) is 0 Å². The summed E-state index contributed by atoms with van der Waals surface area (Å²) in [5.74, 6) is -1.92. The topological polar surface area (TPSA) is 103 Å². The van der Waals surface area contributed by atoms with Crippen LogP contribution in [0.3, 0.4) is 0 Å². The molecule has 0 aliphatic heterocycles. The summed E-state index contributed by atoms with van der Waals surface area (Å²) >= 11 is 1.36. The highest BCUT2D eigenvalue weighted by molar-refractivity contribution is 7.13. The van der Waals surface area contributed by atoms with E-state index in [1.54, 1.807) is 19.3 Å². The smallest absolute Gasteiger partial charge is 0.326 e. The van der Waals surface area contributed by atoms with Gasteiger partial charge in [0.1, 0.15) is 12.1 Å². The van der Waals surface area contributed by atoms with Gasteiger partial charge in [0.15, 0.2) is 0 Å². The van der Waals surface area contributed by atoms with Crippen LogP contribution in [0, 0.1) is 6.92 Å². The van der Waals surface area contributed by atoms with Crippen LogP contribution in [0.5, 0.6) is 0 Å². The number of thiophene rings is 1. The number of aromatic nitrogens is 1. The molecule has 2 aromatic carbocycles. The molecule has 4 aromatic rings. The Hall–Kier alpha value is -3.91. The van der Waals surface area contributed by atoms with Gasteiger partial charge in [0, 0.05) is 41.9 Å². The molecule has 0 spiro atoms. The van der Waals surface area contributed by atoms with Gasteiger partial charge >= 0.3 is 5.97 Å². The first-order valence-corrected chi connectivity index (χ1v) is 12.1. The number of nitrogens with zero attached hydrogens (tertiary/aromatic N) is 1. The van der Waals surface area contributed by atoms with Crippen LogP contribution in [-0.4, -0.2) is 51.9 Å². The zero-order valence-electron chi connectivity index (χ0n) is 19.5. The van der Waals surface area contributed by atoms with Gasteiger partial charge in [-0.1, -0.05) is 48.5 Å². The van der Waals surface area contributed by atoms with Crippen LogP contribution in [0.15, 0.2) is 72.9 Å².